The van der Waals surface area contributed by atoms with Gasteiger partial charge in [-0.05, 0) is 11.6 Å². The number of hydrogen-bond donors (Lipinski definition) is 1. The molecule has 0 aromatic heterocycles. The number of carboxylic acids is 1. The van der Waals surface area contributed by atoms with Crippen LogP contribution in [0.25, 0.3) is 0 Å². The van der Waals surface area contributed by atoms with E-state index < -0.39 is 18.1 Å². The van der Waals surface area contributed by atoms with E-state index >= 15 is 0 Å². The van der Waals surface area contributed by atoms with Crippen LogP contribution in [-0.4, -0.2) is 31.0 Å². The van der Waals surface area contributed by atoms with Crippen molar-refractivity contribution >= 4 is 5.97 Å². The molecule has 0 amide bonds. The Bertz CT molecular complexity index is 258. The van der Waals surface area contributed by atoms with Gasteiger partial charge in [0.25, 0.3) is 0 Å². The zero-order chi connectivity index (χ0) is 9.84. The molecule has 0 heterocycles. The highest BCUT2D eigenvalue weighted by Crippen LogP contribution is 2.23. The summed E-state index contributed by atoms with van der Waals surface area (Å²) >= 11 is 0. The summed E-state index contributed by atoms with van der Waals surface area (Å²) in [6, 6.07) is 0. The minimum Gasteiger partial charge on any atom is -0.481 e. The zero-order valence-corrected chi connectivity index (χ0v) is 7.24. The van der Waals surface area contributed by atoms with Crippen LogP contribution in [0.4, 0.5) is 4.39 Å². The van der Waals surface area contributed by atoms with Crippen molar-refractivity contribution in [2.75, 3.05) is 13.7 Å². The second-order valence-electron chi connectivity index (χ2n) is 2.82. The molecule has 0 aliphatic heterocycles. The van der Waals surface area contributed by atoms with E-state index in [1.54, 1.807) is 6.08 Å². The van der Waals surface area contributed by atoms with E-state index in [2.05, 4.69) is 0 Å². The van der Waals surface area contributed by atoms with Crippen LogP contribution >= 0.6 is 0 Å². The molecule has 1 aliphatic rings. The number of allylic oxidation sites excluding steroid dienone is 3. The van der Waals surface area contributed by atoms with Gasteiger partial charge < -0.3 is 9.84 Å². The summed E-state index contributed by atoms with van der Waals surface area (Å²) in [5.41, 5.74) is 0.463. The van der Waals surface area contributed by atoms with E-state index in [1.165, 1.54) is 19.3 Å². The van der Waals surface area contributed by atoms with Crippen molar-refractivity contribution in [2.24, 2.45) is 5.92 Å². The molecule has 0 saturated carbocycles. The third-order valence-corrected chi connectivity index (χ3v) is 1.90. The topological polar surface area (TPSA) is 46.5 Å². The summed E-state index contributed by atoms with van der Waals surface area (Å²) in [6.45, 7) is 0.154. The lowest BCUT2D eigenvalue weighted by molar-refractivity contribution is -0.142. The quantitative estimate of drug-likeness (QED) is 0.719. The predicted octanol–water partition coefficient (Wildman–Crippen LogP) is 1.17. The van der Waals surface area contributed by atoms with Gasteiger partial charge in [0.1, 0.15) is 12.1 Å². The van der Waals surface area contributed by atoms with E-state index in [4.69, 9.17) is 9.84 Å². The Hall–Kier alpha value is -1.16. The monoisotopic (exact) mass is 186 g/mol. The molecule has 2 unspecified atom stereocenters. The Labute approximate surface area is 75.5 Å². The van der Waals surface area contributed by atoms with Crippen molar-refractivity contribution < 1.29 is 19.0 Å². The number of aliphatic carboxylic acids is 1. The van der Waals surface area contributed by atoms with E-state index in [0.29, 0.717) is 5.57 Å². The van der Waals surface area contributed by atoms with Crippen LogP contribution in [0.3, 0.4) is 0 Å². The van der Waals surface area contributed by atoms with Crippen LogP contribution < -0.4 is 0 Å². The van der Waals surface area contributed by atoms with Gasteiger partial charge in [0.05, 0.1) is 6.61 Å². The third-order valence-electron chi connectivity index (χ3n) is 1.90. The highest BCUT2D eigenvalue weighted by Gasteiger charge is 2.31. The Morgan fingerprint density at radius 2 is 2.46 bits per heavy atom. The van der Waals surface area contributed by atoms with Crippen molar-refractivity contribution in [1.29, 1.82) is 0 Å². The first-order valence-electron chi connectivity index (χ1n) is 3.90. The number of ether oxygens (including phenoxy) is 1. The van der Waals surface area contributed by atoms with Crippen molar-refractivity contribution in [3.8, 4) is 0 Å². The first kappa shape index (κ1) is 9.92. The molecule has 0 bridgehead atoms. The molecule has 13 heavy (non-hydrogen) atoms. The van der Waals surface area contributed by atoms with Crippen LogP contribution in [-0.2, 0) is 9.53 Å². The van der Waals surface area contributed by atoms with E-state index in [1.807, 2.05) is 0 Å². The minimum atomic E-state index is -1.45. The maximum atomic E-state index is 13.1. The molecule has 72 valence electrons. The fourth-order valence-corrected chi connectivity index (χ4v) is 1.30. The van der Waals surface area contributed by atoms with Gasteiger partial charge in [0.2, 0.25) is 0 Å². The highest BCUT2D eigenvalue weighted by atomic mass is 19.1. The van der Waals surface area contributed by atoms with E-state index in [9.17, 15) is 9.18 Å². The largest absolute Gasteiger partial charge is 0.481 e. The number of halogens is 1. The Morgan fingerprint density at radius 3 is 3.00 bits per heavy atom. The van der Waals surface area contributed by atoms with E-state index in [-0.39, 0.29) is 6.61 Å². The number of rotatable bonds is 3. The zero-order valence-electron chi connectivity index (χ0n) is 7.24. The molecule has 0 aromatic carbocycles. The lowest BCUT2D eigenvalue weighted by Crippen LogP contribution is -2.28. The summed E-state index contributed by atoms with van der Waals surface area (Å²) in [5, 5.41) is 8.74. The van der Waals surface area contributed by atoms with Gasteiger partial charge in [0, 0.05) is 7.11 Å². The van der Waals surface area contributed by atoms with Crippen LogP contribution in [0.15, 0.2) is 23.8 Å². The Morgan fingerprint density at radius 1 is 1.77 bits per heavy atom. The summed E-state index contributed by atoms with van der Waals surface area (Å²) in [6.07, 6.45) is 2.88. The second-order valence-corrected chi connectivity index (χ2v) is 2.82. The standard InChI is InChI=1S/C9H11FO3/c1-13-5-6-3-2-4-7(10)8(6)9(11)12/h2-4,7-8H,5H2,1H3,(H,11,12). The van der Waals surface area contributed by atoms with Crippen molar-refractivity contribution in [3.05, 3.63) is 23.8 Å². The Kier molecular flexibility index (Phi) is 3.19. The first-order valence-corrected chi connectivity index (χ1v) is 3.90. The minimum absolute atomic E-state index is 0.154. The summed E-state index contributed by atoms with van der Waals surface area (Å²) in [5.74, 6) is -2.25. The Balaban J connectivity index is 2.82. The molecule has 0 radical (unpaired) electrons. The summed E-state index contributed by atoms with van der Waals surface area (Å²) < 4.78 is 17.9. The summed E-state index contributed by atoms with van der Waals surface area (Å²) in [7, 11) is 1.45. The van der Waals surface area contributed by atoms with E-state index in [0.717, 1.165) is 0 Å². The molecule has 2 atom stereocenters. The summed E-state index contributed by atoms with van der Waals surface area (Å²) in [4.78, 5) is 10.7. The van der Waals surface area contributed by atoms with Crippen molar-refractivity contribution in [3.63, 3.8) is 0 Å². The molecular weight excluding hydrogens is 175 g/mol. The molecule has 3 nitrogen and oxygen atoms in total. The molecule has 1 N–H and O–H groups in total. The molecule has 0 saturated heterocycles. The van der Waals surface area contributed by atoms with Gasteiger partial charge in [-0.2, -0.15) is 0 Å². The molecule has 0 aromatic rings. The number of alkyl halides is 1. The van der Waals surface area contributed by atoms with Gasteiger partial charge in [-0.3, -0.25) is 4.79 Å². The van der Waals surface area contributed by atoms with Gasteiger partial charge in [0.15, 0.2) is 0 Å². The smallest absolute Gasteiger partial charge is 0.314 e. The molecule has 0 spiro atoms. The molecule has 4 heteroatoms. The van der Waals surface area contributed by atoms with Gasteiger partial charge in [-0.15, -0.1) is 0 Å². The number of carboxylic acid groups (broad SMARTS) is 1. The van der Waals surface area contributed by atoms with Gasteiger partial charge in [-0.1, -0.05) is 12.2 Å². The molecule has 1 aliphatic carbocycles. The van der Waals surface area contributed by atoms with Crippen LogP contribution in [0, 0.1) is 5.92 Å². The number of carbonyl (C=O) groups is 1. The lowest BCUT2D eigenvalue weighted by atomic mass is 9.90. The van der Waals surface area contributed by atoms with Crippen molar-refractivity contribution in [2.45, 2.75) is 6.17 Å². The van der Waals surface area contributed by atoms with Gasteiger partial charge in [-0.25, -0.2) is 4.39 Å². The van der Waals surface area contributed by atoms with Crippen LogP contribution in [0.1, 0.15) is 0 Å². The number of hydrogen-bond acceptors (Lipinski definition) is 2. The van der Waals surface area contributed by atoms with Crippen LogP contribution in [0.5, 0.6) is 0 Å². The maximum Gasteiger partial charge on any atom is 0.314 e. The average molecular weight is 186 g/mol. The average Bonchev–Trinajstić information content (AvgIpc) is 2.04. The third kappa shape index (κ3) is 2.15. The maximum absolute atomic E-state index is 13.1. The van der Waals surface area contributed by atoms with Crippen LogP contribution in [0.2, 0.25) is 0 Å². The fourth-order valence-electron chi connectivity index (χ4n) is 1.30. The van der Waals surface area contributed by atoms with Gasteiger partial charge >= 0.3 is 5.97 Å². The number of methoxy groups -OCH3 is 1. The highest BCUT2D eigenvalue weighted by molar-refractivity contribution is 5.75. The molecular formula is C9H11FO3. The SMILES string of the molecule is COCC1=CC=CC(F)C1C(=O)O. The second kappa shape index (κ2) is 4.18. The fraction of sp³-hybridized carbons (Fsp3) is 0.444. The normalized spacial score (nSPS) is 27.1. The molecule has 1 rings (SSSR count). The first-order chi connectivity index (χ1) is 6.16. The molecule has 0 fully saturated rings. The predicted molar refractivity (Wildman–Crippen MR) is 45.1 cm³/mol. The van der Waals surface area contributed by atoms with Crippen molar-refractivity contribution in [1.82, 2.24) is 0 Å². The lowest BCUT2D eigenvalue weighted by Gasteiger charge is -2.20.